The molecule has 216 valence electrons. The Morgan fingerprint density at radius 1 is 0.489 bits per heavy atom. The Hall–Kier alpha value is -4.66. The van der Waals surface area contributed by atoms with Gasteiger partial charge in [-0.1, -0.05) is 130 Å². The molecule has 0 N–H and O–H groups in total. The van der Waals surface area contributed by atoms with Crippen LogP contribution >= 0.6 is 11.8 Å². The molecule has 7 aromatic rings. The molecule has 0 amide bonds. The summed E-state index contributed by atoms with van der Waals surface area (Å²) in [5, 5.41) is 4.99. The minimum atomic E-state index is -0.0530. The maximum atomic E-state index is 4.67. The molecule has 2 heteroatoms. The average Bonchev–Trinajstić information content (AvgIpc) is 3.44. The molecule has 6 aromatic carbocycles. The van der Waals surface area contributed by atoms with E-state index in [9.17, 15) is 0 Å². The Kier molecular flexibility index (Phi) is 5.59. The lowest BCUT2D eigenvalue weighted by Crippen LogP contribution is -2.14. The van der Waals surface area contributed by atoms with Crippen LogP contribution in [-0.4, -0.2) is 4.98 Å². The van der Waals surface area contributed by atoms with E-state index in [1.807, 2.05) is 18.0 Å². The highest BCUT2D eigenvalue weighted by atomic mass is 32.2. The van der Waals surface area contributed by atoms with Crippen molar-refractivity contribution in [3.8, 4) is 33.4 Å². The first-order chi connectivity index (χ1) is 21.8. The molecule has 0 radical (unpaired) electrons. The lowest BCUT2D eigenvalue weighted by atomic mass is 9.81. The molecule has 0 unspecified atom stereocenters. The van der Waals surface area contributed by atoms with Gasteiger partial charge in [0.2, 0.25) is 0 Å². The SMILES string of the molecule is CC1(C)c2ccccc2-c2ccc(Sc3c4ccccc4c(-c4ccc5c(c4)C(C)(C)c4ccccc4-5)c4cnccc34)cc21. The topological polar surface area (TPSA) is 12.9 Å². The predicted octanol–water partition coefficient (Wildman–Crippen LogP) is 11.8. The number of aromatic nitrogens is 1. The first kappa shape index (κ1) is 26.7. The van der Waals surface area contributed by atoms with Gasteiger partial charge in [-0.25, -0.2) is 0 Å². The van der Waals surface area contributed by atoms with Crippen molar-refractivity contribution >= 4 is 33.3 Å². The number of rotatable bonds is 3. The van der Waals surface area contributed by atoms with Crippen LogP contribution in [0.3, 0.4) is 0 Å². The van der Waals surface area contributed by atoms with Gasteiger partial charge in [0.05, 0.1) is 0 Å². The smallest absolute Gasteiger partial charge is 0.0353 e. The van der Waals surface area contributed by atoms with E-state index in [0.29, 0.717) is 0 Å². The summed E-state index contributed by atoms with van der Waals surface area (Å²) in [5.41, 5.74) is 13.5. The minimum Gasteiger partial charge on any atom is -0.264 e. The van der Waals surface area contributed by atoms with Crippen LogP contribution in [0.15, 0.2) is 137 Å². The van der Waals surface area contributed by atoms with Crippen LogP contribution in [-0.2, 0) is 10.8 Å². The highest BCUT2D eigenvalue weighted by Gasteiger charge is 2.36. The summed E-state index contributed by atoms with van der Waals surface area (Å²) < 4.78 is 0. The third-order valence-electron chi connectivity index (χ3n) is 10.4. The van der Waals surface area contributed by atoms with Gasteiger partial charge < -0.3 is 0 Å². The van der Waals surface area contributed by atoms with Crippen molar-refractivity contribution in [3.63, 3.8) is 0 Å². The van der Waals surface area contributed by atoms with Crippen molar-refractivity contribution in [2.24, 2.45) is 0 Å². The van der Waals surface area contributed by atoms with Crippen LogP contribution in [0.25, 0.3) is 54.9 Å². The van der Waals surface area contributed by atoms with E-state index >= 15 is 0 Å². The molecular weight excluding hydrogens is 563 g/mol. The van der Waals surface area contributed by atoms with Crippen LogP contribution in [0.2, 0.25) is 0 Å². The normalized spacial score (nSPS) is 15.1. The second-order valence-corrected chi connectivity index (χ2v) is 14.7. The lowest BCUT2D eigenvalue weighted by Gasteiger charge is -2.23. The summed E-state index contributed by atoms with van der Waals surface area (Å²) in [7, 11) is 0. The fourth-order valence-electron chi connectivity index (χ4n) is 8.13. The maximum absolute atomic E-state index is 4.67. The van der Waals surface area contributed by atoms with Gasteiger partial charge in [0.15, 0.2) is 0 Å². The molecule has 2 aliphatic carbocycles. The quantitative estimate of drug-likeness (QED) is 0.188. The minimum absolute atomic E-state index is 0.0264. The number of nitrogens with zero attached hydrogens (tertiary/aromatic N) is 1. The van der Waals surface area contributed by atoms with Gasteiger partial charge in [0.25, 0.3) is 0 Å². The van der Waals surface area contributed by atoms with Gasteiger partial charge in [0.1, 0.15) is 0 Å². The van der Waals surface area contributed by atoms with E-state index in [2.05, 4.69) is 154 Å². The largest absolute Gasteiger partial charge is 0.264 e. The highest BCUT2D eigenvalue weighted by molar-refractivity contribution is 7.99. The average molecular weight is 596 g/mol. The van der Waals surface area contributed by atoms with Crippen molar-refractivity contribution in [3.05, 3.63) is 150 Å². The van der Waals surface area contributed by atoms with E-state index in [1.54, 1.807) is 0 Å². The molecule has 0 saturated heterocycles. The Morgan fingerprint density at radius 2 is 1.04 bits per heavy atom. The molecule has 45 heavy (non-hydrogen) atoms. The molecule has 9 rings (SSSR count). The van der Waals surface area contributed by atoms with Crippen LogP contribution in [0, 0.1) is 0 Å². The Morgan fingerprint density at radius 3 is 1.76 bits per heavy atom. The van der Waals surface area contributed by atoms with E-state index in [0.717, 1.165) is 0 Å². The van der Waals surface area contributed by atoms with E-state index in [1.165, 1.54) is 87.0 Å². The molecule has 1 nitrogen and oxygen atoms in total. The zero-order valence-electron chi connectivity index (χ0n) is 26.0. The second-order valence-electron chi connectivity index (χ2n) is 13.6. The third kappa shape index (κ3) is 3.73. The van der Waals surface area contributed by atoms with E-state index < -0.39 is 0 Å². The predicted molar refractivity (Wildman–Crippen MR) is 190 cm³/mol. The van der Waals surface area contributed by atoms with Gasteiger partial charge >= 0.3 is 0 Å². The Labute approximate surface area is 269 Å². The summed E-state index contributed by atoms with van der Waals surface area (Å²) in [6.45, 7) is 9.42. The van der Waals surface area contributed by atoms with Gasteiger partial charge in [0, 0.05) is 38.4 Å². The first-order valence-electron chi connectivity index (χ1n) is 15.8. The van der Waals surface area contributed by atoms with E-state index in [-0.39, 0.29) is 10.8 Å². The van der Waals surface area contributed by atoms with Crippen LogP contribution < -0.4 is 0 Å². The monoisotopic (exact) mass is 595 g/mol. The summed E-state index contributed by atoms with van der Waals surface area (Å²) >= 11 is 1.88. The summed E-state index contributed by atoms with van der Waals surface area (Å²) in [6.07, 6.45) is 4.01. The first-order valence-corrected chi connectivity index (χ1v) is 16.6. The number of pyridine rings is 1. The van der Waals surface area contributed by atoms with E-state index in [4.69, 9.17) is 0 Å². The second kappa shape index (κ2) is 9.42. The van der Waals surface area contributed by atoms with Gasteiger partial charge in [-0.15, -0.1) is 0 Å². The molecule has 0 atom stereocenters. The molecule has 1 heterocycles. The number of hydrogen-bond acceptors (Lipinski definition) is 2. The molecule has 2 aliphatic rings. The van der Waals surface area contributed by atoms with Crippen molar-refractivity contribution in [1.82, 2.24) is 4.98 Å². The zero-order chi connectivity index (χ0) is 30.5. The van der Waals surface area contributed by atoms with Crippen molar-refractivity contribution in [2.75, 3.05) is 0 Å². The summed E-state index contributed by atoms with van der Waals surface area (Å²) in [5.74, 6) is 0. The maximum Gasteiger partial charge on any atom is 0.0353 e. The molecule has 0 spiro atoms. The summed E-state index contributed by atoms with van der Waals surface area (Å²) in [4.78, 5) is 7.22. The van der Waals surface area contributed by atoms with Gasteiger partial charge in [-0.2, -0.15) is 0 Å². The molecule has 0 fully saturated rings. The standard InChI is InChI=1S/C43H33NS/c1-42(2)36-15-9-7-11-28(36)30-19-17-26(23-38(30)42)40-32-13-5-6-14-33(32)41(34-21-22-44-25-35(34)40)45-27-18-20-31-29-12-8-10-16-37(29)43(3,4)39(31)24-27/h5-25H,1-4H3. The fourth-order valence-corrected chi connectivity index (χ4v) is 9.25. The number of hydrogen-bond donors (Lipinski definition) is 0. The molecule has 0 saturated carbocycles. The van der Waals surface area contributed by atoms with Gasteiger partial charge in [-0.3, -0.25) is 4.98 Å². The Balaban J connectivity index is 1.23. The van der Waals surface area contributed by atoms with Crippen LogP contribution in [0.4, 0.5) is 0 Å². The number of benzene rings is 6. The molecule has 0 aliphatic heterocycles. The van der Waals surface area contributed by atoms with Gasteiger partial charge in [-0.05, 0) is 96.1 Å². The molecule has 0 bridgehead atoms. The van der Waals surface area contributed by atoms with Crippen molar-refractivity contribution in [1.29, 1.82) is 0 Å². The van der Waals surface area contributed by atoms with Crippen LogP contribution in [0.1, 0.15) is 49.9 Å². The third-order valence-corrected chi connectivity index (χ3v) is 11.6. The summed E-state index contributed by atoms with van der Waals surface area (Å²) in [6, 6.07) is 43.0. The molecular formula is C43H33NS. The van der Waals surface area contributed by atoms with Crippen molar-refractivity contribution < 1.29 is 0 Å². The fraction of sp³-hybridized carbons (Fsp3) is 0.140. The van der Waals surface area contributed by atoms with Crippen LogP contribution in [0.5, 0.6) is 0 Å². The van der Waals surface area contributed by atoms with Crippen molar-refractivity contribution in [2.45, 2.75) is 48.3 Å². The zero-order valence-corrected chi connectivity index (χ0v) is 26.8. The highest BCUT2D eigenvalue weighted by Crippen LogP contribution is 2.53. The lowest BCUT2D eigenvalue weighted by molar-refractivity contribution is 0.658. The Bertz CT molecular complexity index is 2300. The molecule has 1 aromatic heterocycles. The number of fused-ring (bicyclic) bond motifs is 8.